The minimum atomic E-state index is -0.0656. The quantitative estimate of drug-likeness (QED) is 0.718. The molecule has 0 unspecified atom stereocenters. The van der Waals surface area contributed by atoms with Crippen molar-refractivity contribution < 1.29 is 0 Å². The third-order valence-electron chi connectivity index (χ3n) is 6.61. The fourth-order valence-corrected chi connectivity index (χ4v) is 5.02. The van der Waals surface area contributed by atoms with E-state index in [1.807, 2.05) is 15.6 Å². The van der Waals surface area contributed by atoms with E-state index < -0.39 is 0 Å². The highest BCUT2D eigenvalue weighted by molar-refractivity contribution is 5.73. The zero-order chi connectivity index (χ0) is 20.0. The number of H-pyrrole nitrogens is 1. The van der Waals surface area contributed by atoms with Crippen LogP contribution in [-0.4, -0.2) is 47.5 Å². The third kappa shape index (κ3) is 3.39. The minimum Gasteiger partial charge on any atom is -0.310 e. The molecule has 1 saturated carbocycles. The molecule has 1 N–H and O–H groups in total. The van der Waals surface area contributed by atoms with Crippen molar-refractivity contribution in [2.24, 2.45) is 5.92 Å². The molecule has 0 amide bonds. The lowest BCUT2D eigenvalue weighted by Gasteiger charge is -2.16. The van der Waals surface area contributed by atoms with Crippen molar-refractivity contribution in [2.45, 2.75) is 64.6 Å². The predicted octanol–water partition coefficient (Wildman–Crippen LogP) is 2.69. The molecule has 1 aliphatic carbocycles. The fraction of sp³-hybridized carbons (Fsp3) is 0.619. The molecule has 154 valence electrons. The number of rotatable bonds is 5. The van der Waals surface area contributed by atoms with Gasteiger partial charge in [0, 0.05) is 43.9 Å². The van der Waals surface area contributed by atoms with Crippen molar-refractivity contribution in [3.8, 4) is 0 Å². The van der Waals surface area contributed by atoms with Gasteiger partial charge in [-0.3, -0.25) is 14.4 Å². The second kappa shape index (κ2) is 7.40. The van der Waals surface area contributed by atoms with Gasteiger partial charge in [-0.05, 0) is 25.7 Å². The molecular weight excluding hydrogens is 366 g/mol. The van der Waals surface area contributed by atoms with Crippen LogP contribution in [-0.2, 0) is 13.1 Å². The zero-order valence-corrected chi connectivity index (χ0v) is 17.2. The molecule has 2 atom stereocenters. The van der Waals surface area contributed by atoms with Crippen LogP contribution in [0.3, 0.4) is 0 Å². The molecule has 8 nitrogen and oxygen atoms in total. The maximum absolute atomic E-state index is 12.7. The number of hydrogen-bond donors (Lipinski definition) is 1. The van der Waals surface area contributed by atoms with Crippen LogP contribution in [0.4, 0.5) is 0 Å². The van der Waals surface area contributed by atoms with Gasteiger partial charge < -0.3 is 4.98 Å². The standard InChI is InChI=1S/C21H29N7O/c1-3-27-12-15(8-22-27)11-26-10-14(2)18(13-26)19-24-20-17(21(29)25-19)9-23-28(20)16-6-4-5-7-16/h8-9,12,14,16,18H,3-7,10-11,13H2,1-2H3,(H,24,25,29)/t14-,18-/m1/s1. The Morgan fingerprint density at radius 1 is 1.17 bits per heavy atom. The molecule has 4 heterocycles. The van der Waals surface area contributed by atoms with Crippen molar-refractivity contribution in [3.63, 3.8) is 0 Å². The number of aryl methyl sites for hydroxylation is 1. The molecule has 3 aromatic rings. The maximum atomic E-state index is 12.7. The summed E-state index contributed by atoms with van der Waals surface area (Å²) in [6.07, 6.45) is 10.5. The van der Waals surface area contributed by atoms with Crippen molar-refractivity contribution in [1.82, 2.24) is 34.4 Å². The molecule has 29 heavy (non-hydrogen) atoms. The van der Waals surface area contributed by atoms with E-state index in [1.165, 1.54) is 18.4 Å². The van der Waals surface area contributed by atoms with Crippen LogP contribution >= 0.6 is 0 Å². The van der Waals surface area contributed by atoms with E-state index in [0.29, 0.717) is 17.3 Å². The van der Waals surface area contributed by atoms with Crippen LogP contribution in [0, 0.1) is 5.92 Å². The average molecular weight is 396 g/mol. The van der Waals surface area contributed by atoms with E-state index in [2.05, 4.69) is 40.1 Å². The SMILES string of the molecule is CCn1cc(CN2C[C@@H](C)[C@H](c3nc4c(cnn4C4CCCC4)c(=O)[nH]3)C2)cn1. The van der Waals surface area contributed by atoms with Gasteiger partial charge in [-0.15, -0.1) is 0 Å². The molecule has 0 radical (unpaired) electrons. The minimum absolute atomic E-state index is 0.0656. The van der Waals surface area contributed by atoms with E-state index in [1.54, 1.807) is 6.20 Å². The smallest absolute Gasteiger partial charge is 0.262 e. The van der Waals surface area contributed by atoms with Gasteiger partial charge in [-0.2, -0.15) is 10.2 Å². The average Bonchev–Trinajstić information content (AvgIpc) is 3.48. The van der Waals surface area contributed by atoms with Crippen LogP contribution in [0.1, 0.15) is 62.9 Å². The summed E-state index contributed by atoms with van der Waals surface area (Å²) < 4.78 is 3.96. The first-order chi connectivity index (χ1) is 14.1. The Morgan fingerprint density at radius 2 is 2.00 bits per heavy atom. The molecule has 0 spiro atoms. The number of hydrogen-bond acceptors (Lipinski definition) is 5. The Labute approximate surface area is 169 Å². The molecule has 1 aliphatic heterocycles. The highest BCUT2D eigenvalue weighted by Gasteiger charge is 2.33. The van der Waals surface area contributed by atoms with Gasteiger partial charge in [0.15, 0.2) is 5.65 Å². The molecule has 5 rings (SSSR count). The van der Waals surface area contributed by atoms with Gasteiger partial charge in [0.05, 0.1) is 18.4 Å². The van der Waals surface area contributed by atoms with Crippen LogP contribution < -0.4 is 5.56 Å². The Balaban J connectivity index is 1.41. The van der Waals surface area contributed by atoms with Gasteiger partial charge in [-0.25, -0.2) is 9.67 Å². The summed E-state index contributed by atoms with van der Waals surface area (Å²) in [5.41, 5.74) is 1.92. The second-order valence-corrected chi connectivity index (χ2v) is 8.70. The number of nitrogens with zero attached hydrogens (tertiary/aromatic N) is 6. The van der Waals surface area contributed by atoms with Crippen molar-refractivity contribution in [3.05, 3.63) is 40.3 Å². The number of nitrogens with one attached hydrogen (secondary N) is 1. The van der Waals surface area contributed by atoms with E-state index in [-0.39, 0.29) is 11.5 Å². The molecule has 2 fully saturated rings. The third-order valence-corrected chi connectivity index (χ3v) is 6.61. The molecule has 3 aromatic heterocycles. The first-order valence-electron chi connectivity index (χ1n) is 10.8. The van der Waals surface area contributed by atoms with Crippen LogP contribution in [0.5, 0.6) is 0 Å². The Morgan fingerprint density at radius 3 is 2.76 bits per heavy atom. The second-order valence-electron chi connectivity index (χ2n) is 8.70. The van der Waals surface area contributed by atoms with Gasteiger partial charge >= 0.3 is 0 Å². The first-order valence-corrected chi connectivity index (χ1v) is 10.8. The van der Waals surface area contributed by atoms with Crippen molar-refractivity contribution >= 4 is 11.0 Å². The predicted molar refractivity (Wildman–Crippen MR) is 111 cm³/mol. The van der Waals surface area contributed by atoms with Gasteiger partial charge in [0.25, 0.3) is 5.56 Å². The lowest BCUT2D eigenvalue weighted by atomic mass is 9.97. The summed E-state index contributed by atoms with van der Waals surface area (Å²) in [6, 6.07) is 0.377. The maximum Gasteiger partial charge on any atom is 0.262 e. The number of aromatic amines is 1. The molecule has 0 bridgehead atoms. The topological polar surface area (TPSA) is 84.6 Å². The van der Waals surface area contributed by atoms with Gasteiger partial charge in [0.2, 0.25) is 0 Å². The van der Waals surface area contributed by atoms with Crippen LogP contribution in [0.15, 0.2) is 23.4 Å². The van der Waals surface area contributed by atoms with E-state index in [4.69, 9.17) is 4.98 Å². The first kappa shape index (κ1) is 18.5. The number of likely N-dealkylation sites (tertiary alicyclic amines) is 1. The van der Waals surface area contributed by atoms with Crippen LogP contribution in [0.2, 0.25) is 0 Å². The largest absolute Gasteiger partial charge is 0.310 e. The highest BCUT2D eigenvalue weighted by Crippen LogP contribution is 2.33. The fourth-order valence-electron chi connectivity index (χ4n) is 5.02. The Bertz CT molecular complexity index is 1060. The summed E-state index contributed by atoms with van der Waals surface area (Å²) in [7, 11) is 0. The molecule has 8 heteroatoms. The Hall–Kier alpha value is -2.48. The molecule has 2 aliphatic rings. The highest BCUT2D eigenvalue weighted by atomic mass is 16.1. The van der Waals surface area contributed by atoms with Gasteiger partial charge in [0.1, 0.15) is 11.2 Å². The van der Waals surface area contributed by atoms with Crippen molar-refractivity contribution in [2.75, 3.05) is 13.1 Å². The number of aromatic nitrogens is 6. The normalized spacial score (nSPS) is 23.5. The molecule has 0 aromatic carbocycles. The Kier molecular flexibility index (Phi) is 4.73. The monoisotopic (exact) mass is 395 g/mol. The lowest BCUT2D eigenvalue weighted by molar-refractivity contribution is 0.318. The summed E-state index contributed by atoms with van der Waals surface area (Å²) >= 11 is 0. The zero-order valence-electron chi connectivity index (χ0n) is 17.2. The summed E-state index contributed by atoms with van der Waals surface area (Å²) in [5, 5.41) is 9.51. The molecule has 1 saturated heterocycles. The van der Waals surface area contributed by atoms with E-state index >= 15 is 0 Å². The summed E-state index contributed by atoms with van der Waals surface area (Å²) in [5.74, 6) is 1.46. The summed E-state index contributed by atoms with van der Waals surface area (Å²) in [6.45, 7) is 8.00. The van der Waals surface area contributed by atoms with Gasteiger partial charge in [-0.1, -0.05) is 19.8 Å². The van der Waals surface area contributed by atoms with Crippen LogP contribution in [0.25, 0.3) is 11.0 Å². The van der Waals surface area contributed by atoms with E-state index in [0.717, 1.165) is 50.5 Å². The number of fused-ring (bicyclic) bond motifs is 1. The van der Waals surface area contributed by atoms with Crippen molar-refractivity contribution in [1.29, 1.82) is 0 Å². The lowest BCUT2D eigenvalue weighted by Crippen LogP contribution is -2.21. The van der Waals surface area contributed by atoms with E-state index in [9.17, 15) is 4.79 Å². The molecular formula is C21H29N7O. The summed E-state index contributed by atoms with van der Waals surface area (Å²) in [4.78, 5) is 23.2.